The van der Waals surface area contributed by atoms with Gasteiger partial charge in [0.25, 0.3) is 0 Å². The topological polar surface area (TPSA) is 30.7 Å². The molecule has 0 saturated heterocycles. The van der Waals surface area contributed by atoms with E-state index in [1.807, 2.05) is 0 Å². The zero-order valence-corrected chi connectivity index (χ0v) is 31.1. The van der Waals surface area contributed by atoms with Gasteiger partial charge in [0, 0.05) is 27.3 Å². The fourth-order valence-corrected chi connectivity index (χ4v) is 10.0. The minimum absolute atomic E-state index is 0.386. The molecule has 0 aliphatic heterocycles. The molecule has 0 spiro atoms. The van der Waals surface area contributed by atoms with Gasteiger partial charge in [-0.2, -0.15) is 0 Å². The van der Waals surface area contributed by atoms with Gasteiger partial charge in [-0.05, 0) is 77.5 Å². The fraction of sp³-hybridized carbons (Fsp3) is 0.0566. The summed E-state index contributed by atoms with van der Waals surface area (Å²) in [5.74, 6) is 0.669. The van der Waals surface area contributed by atoms with Gasteiger partial charge in [0.2, 0.25) is 5.95 Å². The molecule has 1 aliphatic carbocycles. The lowest BCUT2D eigenvalue weighted by molar-refractivity contribution is 0.670. The van der Waals surface area contributed by atoms with Crippen LogP contribution in [0.1, 0.15) is 25.0 Å². The third-order valence-electron chi connectivity index (χ3n) is 12.3. The van der Waals surface area contributed by atoms with Crippen molar-refractivity contribution >= 4 is 64.9 Å². The number of hydrogen-bond acceptors (Lipinski definition) is 2. The fourth-order valence-electron chi connectivity index (χ4n) is 10.0. The summed E-state index contributed by atoms with van der Waals surface area (Å²) in [4.78, 5) is 10.8. The molecule has 2 heterocycles. The third kappa shape index (κ3) is 4.17. The highest BCUT2D eigenvalue weighted by Gasteiger charge is 2.42. The number of hydrogen-bond donors (Lipinski definition) is 0. The van der Waals surface area contributed by atoms with Crippen LogP contribution in [-0.4, -0.2) is 14.5 Å². The van der Waals surface area contributed by atoms with Crippen molar-refractivity contribution in [1.29, 1.82) is 0 Å². The van der Waals surface area contributed by atoms with E-state index in [2.05, 4.69) is 194 Å². The van der Waals surface area contributed by atoms with Crippen molar-refractivity contribution in [1.82, 2.24) is 14.5 Å². The first kappa shape index (κ1) is 31.3. The Kier molecular flexibility index (Phi) is 6.40. The van der Waals surface area contributed by atoms with E-state index in [0.29, 0.717) is 5.95 Å². The van der Waals surface area contributed by atoms with Gasteiger partial charge >= 0.3 is 0 Å². The van der Waals surface area contributed by atoms with Crippen molar-refractivity contribution in [3.05, 3.63) is 187 Å². The van der Waals surface area contributed by atoms with Crippen molar-refractivity contribution in [2.45, 2.75) is 19.3 Å². The molecule has 0 fully saturated rings. The van der Waals surface area contributed by atoms with Gasteiger partial charge in [0.05, 0.1) is 22.4 Å². The van der Waals surface area contributed by atoms with Crippen molar-refractivity contribution in [3.8, 4) is 39.6 Å². The molecular formula is C53H35N3. The van der Waals surface area contributed by atoms with E-state index in [0.717, 1.165) is 33.5 Å². The van der Waals surface area contributed by atoms with Crippen LogP contribution in [-0.2, 0) is 5.41 Å². The van der Waals surface area contributed by atoms with Crippen LogP contribution >= 0.6 is 0 Å². The average Bonchev–Trinajstić information content (AvgIpc) is 3.72. The van der Waals surface area contributed by atoms with Gasteiger partial charge in [-0.1, -0.05) is 178 Å². The lowest BCUT2D eigenvalue weighted by atomic mass is 9.76. The molecule has 3 nitrogen and oxygen atoms in total. The van der Waals surface area contributed by atoms with Crippen LogP contribution in [0.5, 0.6) is 0 Å². The predicted molar refractivity (Wildman–Crippen MR) is 235 cm³/mol. The van der Waals surface area contributed by atoms with E-state index in [-0.39, 0.29) is 5.41 Å². The molecule has 0 atom stereocenters. The highest BCUT2D eigenvalue weighted by Crippen LogP contribution is 2.59. The standard InChI is InChI=1S/C53H35N3/c1-53(2)49-42(47-40-27-14-13-26-39(40)46-37-24-11-9-21-34(37)35-22-10-12-25-38(35)48(46)50(47)53)30-29-41-36-23-15-16-28-45(36)56(51(41)49)52-54-43(32-17-5-3-6-18-32)31-44(55-52)33-19-7-4-8-20-33/h3-31H,1-2H3. The summed E-state index contributed by atoms with van der Waals surface area (Å²) in [6, 6.07) is 63.6. The van der Waals surface area contributed by atoms with Gasteiger partial charge in [-0.3, -0.25) is 4.57 Å². The Balaban J connectivity index is 1.26. The SMILES string of the molecule is CC1(C)c2c(c3ccccc3c3c4ccccc4c4ccccc4c23)-c2ccc3c4ccccc4n(-c4nc(-c5ccccc5)cc(-c5ccccc5)n4)c3c21. The molecule has 0 bridgehead atoms. The normalized spacial score (nSPS) is 13.3. The van der Waals surface area contributed by atoms with E-state index in [9.17, 15) is 0 Å². The largest absolute Gasteiger partial charge is 0.278 e. The summed E-state index contributed by atoms with van der Waals surface area (Å²) in [5, 5.41) is 12.8. The number of aromatic nitrogens is 3. The van der Waals surface area contributed by atoms with E-state index in [1.54, 1.807) is 0 Å². The number of benzene rings is 9. The Hall–Kier alpha value is -7.10. The van der Waals surface area contributed by atoms with Crippen LogP contribution in [0.4, 0.5) is 0 Å². The first-order valence-corrected chi connectivity index (χ1v) is 19.4. The Bertz CT molecular complexity index is 3370. The van der Waals surface area contributed by atoms with Crippen LogP contribution in [0.3, 0.4) is 0 Å². The smallest absolute Gasteiger partial charge is 0.235 e. The Morgan fingerprint density at radius 2 is 0.893 bits per heavy atom. The monoisotopic (exact) mass is 713 g/mol. The molecule has 0 radical (unpaired) electrons. The quantitative estimate of drug-likeness (QED) is 0.171. The summed E-state index contributed by atoms with van der Waals surface area (Å²) in [7, 11) is 0. The maximum absolute atomic E-state index is 5.42. The van der Waals surface area contributed by atoms with E-state index >= 15 is 0 Å². The Labute approximate surface area is 324 Å². The van der Waals surface area contributed by atoms with Gasteiger partial charge in [0.1, 0.15) is 0 Å². The molecule has 11 aromatic rings. The number of para-hydroxylation sites is 1. The summed E-state index contributed by atoms with van der Waals surface area (Å²) >= 11 is 0. The first-order chi connectivity index (χ1) is 27.6. The summed E-state index contributed by atoms with van der Waals surface area (Å²) in [6.07, 6.45) is 0. The average molecular weight is 714 g/mol. The minimum atomic E-state index is -0.386. The van der Waals surface area contributed by atoms with Gasteiger partial charge < -0.3 is 0 Å². The van der Waals surface area contributed by atoms with Crippen molar-refractivity contribution in [2.75, 3.05) is 0 Å². The van der Waals surface area contributed by atoms with E-state index < -0.39 is 0 Å². The Morgan fingerprint density at radius 3 is 1.50 bits per heavy atom. The summed E-state index contributed by atoms with van der Waals surface area (Å²) in [6.45, 7) is 4.88. The zero-order valence-electron chi connectivity index (χ0n) is 31.1. The van der Waals surface area contributed by atoms with Crippen LogP contribution < -0.4 is 0 Å². The third-order valence-corrected chi connectivity index (χ3v) is 12.3. The molecule has 56 heavy (non-hydrogen) atoms. The number of fused-ring (bicyclic) bond motifs is 17. The van der Waals surface area contributed by atoms with Crippen molar-refractivity contribution in [3.63, 3.8) is 0 Å². The van der Waals surface area contributed by atoms with Gasteiger partial charge in [-0.25, -0.2) is 9.97 Å². The van der Waals surface area contributed by atoms with Crippen LogP contribution in [0.25, 0.3) is 104 Å². The summed E-state index contributed by atoms with van der Waals surface area (Å²) < 4.78 is 2.36. The van der Waals surface area contributed by atoms with Crippen molar-refractivity contribution < 1.29 is 0 Å². The van der Waals surface area contributed by atoms with Crippen LogP contribution in [0, 0.1) is 0 Å². The zero-order chi connectivity index (χ0) is 37.1. The van der Waals surface area contributed by atoms with Crippen molar-refractivity contribution in [2.24, 2.45) is 0 Å². The van der Waals surface area contributed by atoms with E-state index in [1.165, 1.54) is 76.1 Å². The molecule has 262 valence electrons. The molecule has 12 rings (SSSR count). The lowest BCUT2D eigenvalue weighted by Gasteiger charge is -2.26. The van der Waals surface area contributed by atoms with E-state index in [4.69, 9.17) is 9.97 Å². The summed E-state index contributed by atoms with van der Waals surface area (Å²) in [5.41, 5.74) is 11.1. The maximum atomic E-state index is 5.42. The molecule has 2 aromatic heterocycles. The number of nitrogens with zero attached hydrogens (tertiary/aromatic N) is 3. The molecule has 0 unspecified atom stereocenters. The highest BCUT2D eigenvalue weighted by molar-refractivity contribution is 6.35. The van der Waals surface area contributed by atoms with Gasteiger partial charge in [-0.15, -0.1) is 0 Å². The van der Waals surface area contributed by atoms with Crippen LogP contribution in [0.2, 0.25) is 0 Å². The molecule has 0 saturated carbocycles. The molecular weight excluding hydrogens is 679 g/mol. The minimum Gasteiger partial charge on any atom is -0.278 e. The second-order valence-corrected chi connectivity index (χ2v) is 15.7. The Morgan fingerprint density at radius 1 is 0.411 bits per heavy atom. The number of rotatable bonds is 3. The first-order valence-electron chi connectivity index (χ1n) is 19.4. The van der Waals surface area contributed by atoms with Gasteiger partial charge in [0.15, 0.2) is 0 Å². The molecule has 0 amide bonds. The second-order valence-electron chi connectivity index (χ2n) is 15.7. The highest BCUT2D eigenvalue weighted by atomic mass is 15.2. The molecule has 9 aromatic carbocycles. The molecule has 0 N–H and O–H groups in total. The second kappa shape index (κ2) is 11.5. The lowest BCUT2D eigenvalue weighted by Crippen LogP contribution is -2.18. The molecule has 3 heteroatoms. The van der Waals surface area contributed by atoms with Crippen LogP contribution in [0.15, 0.2) is 176 Å². The molecule has 1 aliphatic rings. The maximum Gasteiger partial charge on any atom is 0.235 e. The predicted octanol–water partition coefficient (Wildman–Crippen LogP) is 13.8.